The Hall–Kier alpha value is -2.21. The summed E-state index contributed by atoms with van der Waals surface area (Å²) in [7, 11) is 2.15. The first-order valence-electron chi connectivity index (χ1n) is 9.50. The zero-order chi connectivity index (χ0) is 18.8. The van der Waals surface area contributed by atoms with Crippen molar-refractivity contribution in [3.05, 3.63) is 42.9 Å². The van der Waals surface area contributed by atoms with Gasteiger partial charge in [-0.15, -0.1) is 11.8 Å². The number of H-pyrrole nitrogens is 1. The number of aromatic nitrogens is 3. The summed E-state index contributed by atoms with van der Waals surface area (Å²) in [6.07, 6.45) is 6.20. The lowest BCUT2D eigenvalue weighted by molar-refractivity contribution is 0.242. The highest BCUT2D eigenvalue weighted by molar-refractivity contribution is 7.99. The molecule has 1 saturated carbocycles. The third-order valence-corrected chi connectivity index (χ3v) is 6.31. The summed E-state index contributed by atoms with van der Waals surface area (Å²) < 4.78 is 5.79. The molecule has 0 bridgehead atoms. The van der Waals surface area contributed by atoms with E-state index in [2.05, 4.69) is 65.0 Å². The number of hydrogen-bond acceptors (Lipinski definition) is 5. The molecule has 4 rings (SSSR count). The standard InChI is InChI=1S/C21H26N4OS/c1-14(2)26-17-5-4-6-18(11-17)27-12-15-9-16(10-15)25(3)21-19-7-8-22-20(19)23-13-24-21/h4-8,11,13-16H,9-10,12H2,1-3H3,(H,22,23,24)/t15-,16+. The van der Waals surface area contributed by atoms with Crippen LogP contribution in [0.5, 0.6) is 5.75 Å². The Balaban J connectivity index is 1.30. The van der Waals surface area contributed by atoms with Crippen molar-refractivity contribution in [1.82, 2.24) is 15.0 Å². The predicted molar refractivity (Wildman–Crippen MR) is 112 cm³/mol. The fourth-order valence-corrected chi connectivity index (χ4v) is 4.66. The number of aromatic amines is 1. The third kappa shape index (κ3) is 4.05. The van der Waals surface area contributed by atoms with Gasteiger partial charge in [0.15, 0.2) is 0 Å². The van der Waals surface area contributed by atoms with E-state index in [9.17, 15) is 0 Å². The predicted octanol–water partition coefficient (Wildman–Crippen LogP) is 4.75. The van der Waals surface area contributed by atoms with E-state index in [1.54, 1.807) is 6.33 Å². The molecule has 0 saturated heterocycles. The van der Waals surface area contributed by atoms with Gasteiger partial charge in [0, 0.05) is 29.9 Å². The normalized spacial score (nSPS) is 19.3. The summed E-state index contributed by atoms with van der Waals surface area (Å²) in [6.45, 7) is 4.12. The molecule has 27 heavy (non-hydrogen) atoms. The average molecular weight is 383 g/mol. The minimum Gasteiger partial charge on any atom is -0.491 e. The number of anilines is 1. The SMILES string of the molecule is CC(C)Oc1cccc(SC[C@H]2C[C@@H](N(C)c3ncnc4[nH]ccc34)C2)c1. The van der Waals surface area contributed by atoms with Gasteiger partial charge in [0.25, 0.3) is 0 Å². The molecule has 0 aliphatic heterocycles. The largest absolute Gasteiger partial charge is 0.491 e. The first-order valence-corrected chi connectivity index (χ1v) is 10.5. The van der Waals surface area contributed by atoms with Crippen LogP contribution < -0.4 is 9.64 Å². The molecule has 142 valence electrons. The molecule has 5 nitrogen and oxygen atoms in total. The molecule has 0 unspecified atom stereocenters. The van der Waals surface area contributed by atoms with Crippen molar-refractivity contribution in [2.24, 2.45) is 5.92 Å². The number of ether oxygens (including phenoxy) is 1. The van der Waals surface area contributed by atoms with Crippen LogP contribution in [0.4, 0.5) is 5.82 Å². The van der Waals surface area contributed by atoms with Crippen molar-refractivity contribution in [3.63, 3.8) is 0 Å². The number of benzene rings is 1. The Morgan fingerprint density at radius 1 is 1.26 bits per heavy atom. The summed E-state index contributed by atoms with van der Waals surface area (Å²) in [5, 5.41) is 1.10. The third-order valence-electron chi connectivity index (χ3n) is 5.09. The molecular weight excluding hydrogens is 356 g/mol. The number of hydrogen-bond donors (Lipinski definition) is 1. The Labute approximate surface area is 164 Å². The maximum absolute atomic E-state index is 5.79. The molecule has 1 aromatic carbocycles. The Bertz CT molecular complexity index is 904. The van der Waals surface area contributed by atoms with Gasteiger partial charge in [-0.25, -0.2) is 9.97 Å². The first-order chi connectivity index (χ1) is 13.1. The fraction of sp³-hybridized carbons (Fsp3) is 0.429. The van der Waals surface area contributed by atoms with Crippen LogP contribution in [0.3, 0.4) is 0 Å². The maximum Gasteiger partial charge on any atom is 0.142 e. The summed E-state index contributed by atoms with van der Waals surface area (Å²) in [5.74, 6) is 3.88. The quantitative estimate of drug-likeness (QED) is 0.598. The Kier molecular flexibility index (Phi) is 5.25. The van der Waals surface area contributed by atoms with Crippen LogP contribution in [0.25, 0.3) is 11.0 Å². The van der Waals surface area contributed by atoms with Crippen molar-refractivity contribution >= 4 is 28.6 Å². The Morgan fingerprint density at radius 2 is 2.11 bits per heavy atom. The van der Waals surface area contributed by atoms with Gasteiger partial charge in [-0.2, -0.15) is 0 Å². The molecule has 0 atom stereocenters. The number of rotatable bonds is 7. The summed E-state index contributed by atoms with van der Waals surface area (Å²) in [5.41, 5.74) is 0.904. The van der Waals surface area contributed by atoms with Crippen molar-refractivity contribution < 1.29 is 4.74 Å². The number of thioether (sulfide) groups is 1. The number of fused-ring (bicyclic) bond motifs is 1. The van der Waals surface area contributed by atoms with E-state index < -0.39 is 0 Å². The number of nitrogens with zero attached hydrogens (tertiary/aromatic N) is 3. The molecule has 3 aromatic rings. The van der Waals surface area contributed by atoms with Gasteiger partial charge in [0.2, 0.25) is 0 Å². The molecular formula is C21H26N4OS. The van der Waals surface area contributed by atoms with Gasteiger partial charge in [-0.1, -0.05) is 6.07 Å². The molecule has 2 heterocycles. The number of nitrogens with one attached hydrogen (secondary N) is 1. The fourth-order valence-electron chi connectivity index (χ4n) is 3.59. The Morgan fingerprint density at radius 3 is 2.93 bits per heavy atom. The van der Waals surface area contributed by atoms with E-state index in [0.29, 0.717) is 6.04 Å². The van der Waals surface area contributed by atoms with Crippen LogP contribution in [-0.4, -0.2) is 39.9 Å². The minimum atomic E-state index is 0.210. The van der Waals surface area contributed by atoms with E-state index >= 15 is 0 Å². The highest BCUT2D eigenvalue weighted by Crippen LogP contribution is 2.38. The van der Waals surface area contributed by atoms with E-state index in [-0.39, 0.29) is 6.10 Å². The van der Waals surface area contributed by atoms with Gasteiger partial charge in [0.1, 0.15) is 23.5 Å². The van der Waals surface area contributed by atoms with Gasteiger partial charge in [-0.3, -0.25) is 0 Å². The van der Waals surface area contributed by atoms with Crippen molar-refractivity contribution in [3.8, 4) is 5.75 Å². The van der Waals surface area contributed by atoms with Gasteiger partial charge in [0.05, 0.1) is 11.5 Å². The summed E-state index contributed by atoms with van der Waals surface area (Å²) in [4.78, 5) is 15.6. The van der Waals surface area contributed by atoms with Gasteiger partial charge in [-0.05, 0) is 56.9 Å². The lowest BCUT2D eigenvalue weighted by Crippen LogP contribution is -2.43. The van der Waals surface area contributed by atoms with Gasteiger partial charge < -0.3 is 14.6 Å². The summed E-state index contributed by atoms with van der Waals surface area (Å²) in [6, 6.07) is 11.0. The van der Waals surface area contributed by atoms with Crippen LogP contribution in [0.1, 0.15) is 26.7 Å². The second-order valence-electron chi connectivity index (χ2n) is 7.49. The molecule has 2 aromatic heterocycles. The molecule has 0 spiro atoms. The molecule has 1 N–H and O–H groups in total. The van der Waals surface area contributed by atoms with E-state index in [1.165, 1.54) is 17.7 Å². The summed E-state index contributed by atoms with van der Waals surface area (Å²) >= 11 is 1.93. The van der Waals surface area contributed by atoms with E-state index in [1.807, 2.05) is 24.0 Å². The second-order valence-corrected chi connectivity index (χ2v) is 8.59. The van der Waals surface area contributed by atoms with Crippen molar-refractivity contribution in [2.75, 3.05) is 17.7 Å². The van der Waals surface area contributed by atoms with Crippen molar-refractivity contribution in [2.45, 2.75) is 43.7 Å². The van der Waals surface area contributed by atoms with Gasteiger partial charge >= 0.3 is 0 Å². The molecule has 6 heteroatoms. The van der Waals surface area contributed by atoms with Crippen LogP contribution >= 0.6 is 11.8 Å². The van der Waals surface area contributed by atoms with Crippen LogP contribution in [-0.2, 0) is 0 Å². The van der Waals surface area contributed by atoms with E-state index in [4.69, 9.17) is 4.74 Å². The molecule has 0 radical (unpaired) electrons. The lowest BCUT2D eigenvalue weighted by Gasteiger charge is -2.41. The molecule has 1 aliphatic carbocycles. The first kappa shape index (κ1) is 18.2. The highest BCUT2D eigenvalue weighted by atomic mass is 32.2. The minimum absolute atomic E-state index is 0.210. The molecule has 1 fully saturated rings. The topological polar surface area (TPSA) is 54.0 Å². The van der Waals surface area contributed by atoms with Crippen LogP contribution in [0.15, 0.2) is 47.8 Å². The van der Waals surface area contributed by atoms with Crippen molar-refractivity contribution in [1.29, 1.82) is 0 Å². The zero-order valence-electron chi connectivity index (χ0n) is 16.1. The zero-order valence-corrected chi connectivity index (χ0v) is 16.9. The highest BCUT2D eigenvalue weighted by Gasteiger charge is 2.33. The molecule has 0 amide bonds. The monoisotopic (exact) mass is 382 g/mol. The molecule has 1 aliphatic rings. The lowest BCUT2D eigenvalue weighted by atomic mass is 9.81. The van der Waals surface area contributed by atoms with Crippen LogP contribution in [0.2, 0.25) is 0 Å². The van der Waals surface area contributed by atoms with Crippen LogP contribution in [0, 0.1) is 5.92 Å². The second kappa shape index (κ2) is 7.80. The maximum atomic E-state index is 5.79. The smallest absolute Gasteiger partial charge is 0.142 e. The van der Waals surface area contributed by atoms with E-state index in [0.717, 1.165) is 34.3 Å². The average Bonchev–Trinajstić information content (AvgIpc) is 3.08.